The largest absolute Gasteiger partial charge is 0.504 e. The number of ether oxygens (including phenoxy) is 1. The van der Waals surface area contributed by atoms with Gasteiger partial charge in [0.2, 0.25) is 0 Å². The highest BCUT2D eigenvalue weighted by Gasteiger charge is 2.07. The molecule has 0 saturated heterocycles. The summed E-state index contributed by atoms with van der Waals surface area (Å²) in [7, 11) is 0. The molecule has 0 spiro atoms. The zero-order valence-electron chi connectivity index (χ0n) is 8.45. The number of halogens is 3. The van der Waals surface area contributed by atoms with E-state index in [9.17, 15) is 13.9 Å². The summed E-state index contributed by atoms with van der Waals surface area (Å²) in [6.07, 6.45) is 0. The molecule has 0 heterocycles. The van der Waals surface area contributed by atoms with Gasteiger partial charge < -0.3 is 9.84 Å². The van der Waals surface area contributed by atoms with E-state index in [0.29, 0.717) is 4.47 Å². The van der Waals surface area contributed by atoms with E-state index in [0.717, 1.165) is 18.2 Å². The molecule has 5 heteroatoms. The van der Waals surface area contributed by atoms with Crippen molar-refractivity contribution in [3.05, 3.63) is 52.5 Å². The predicted molar refractivity (Wildman–Crippen MR) is 62.2 cm³/mol. The summed E-state index contributed by atoms with van der Waals surface area (Å²) >= 11 is 3.17. The van der Waals surface area contributed by atoms with Crippen LogP contribution in [0.25, 0.3) is 0 Å². The van der Waals surface area contributed by atoms with Gasteiger partial charge in [-0.1, -0.05) is 15.9 Å². The highest BCUT2D eigenvalue weighted by Crippen LogP contribution is 2.33. The fourth-order valence-corrected chi connectivity index (χ4v) is 1.64. The number of rotatable bonds is 2. The second kappa shape index (κ2) is 4.71. The highest BCUT2D eigenvalue weighted by atomic mass is 79.9. The van der Waals surface area contributed by atoms with Crippen molar-refractivity contribution in [1.82, 2.24) is 0 Å². The van der Waals surface area contributed by atoms with Gasteiger partial charge in [0.15, 0.2) is 11.5 Å². The molecule has 17 heavy (non-hydrogen) atoms. The summed E-state index contributed by atoms with van der Waals surface area (Å²) < 4.78 is 31.7. The summed E-state index contributed by atoms with van der Waals surface area (Å²) in [5.74, 6) is -1.49. The molecule has 0 aromatic heterocycles. The number of phenols is 1. The lowest BCUT2D eigenvalue weighted by Gasteiger charge is -2.08. The van der Waals surface area contributed by atoms with Gasteiger partial charge in [0.1, 0.15) is 17.4 Å². The molecular weight excluding hydrogens is 294 g/mol. The van der Waals surface area contributed by atoms with E-state index in [2.05, 4.69) is 15.9 Å². The van der Waals surface area contributed by atoms with Gasteiger partial charge in [-0.2, -0.15) is 0 Å². The lowest BCUT2D eigenvalue weighted by molar-refractivity contribution is 0.407. The maximum atomic E-state index is 12.9. The van der Waals surface area contributed by atoms with E-state index in [4.69, 9.17) is 4.74 Å². The van der Waals surface area contributed by atoms with Crippen LogP contribution >= 0.6 is 15.9 Å². The first-order valence-corrected chi connectivity index (χ1v) is 5.46. The van der Waals surface area contributed by atoms with Gasteiger partial charge in [0.25, 0.3) is 0 Å². The minimum absolute atomic E-state index is 0.0138. The molecule has 1 N–H and O–H groups in total. The Balaban J connectivity index is 2.31. The van der Waals surface area contributed by atoms with Gasteiger partial charge in [-0.05, 0) is 18.2 Å². The van der Waals surface area contributed by atoms with E-state index in [1.54, 1.807) is 6.07 Å². The molecular formula is C12H7BrF2O2. The van der Waals surface area contributed by atoms with E-state index in [1.165, 1.54) is 12.1 Å². The summed E-state index contributed by atoms with van der Waals surface area (Å²) in [5, 5.41) is 9.55. The standard InChI is InChI=1S/C12H7BrF2O2/c13-7-1-2-12(11(16)3-7)17-10-5-8(14)4-9(15)6-10/h1-6,16H. The topological polar surface area (TPSA) is 29.5 Å². The molecule has 0 radical (unpaired) electrons. The second-order valence-electron chi connectivity index (χ2n) is 3.32. The Morgan fingerprint density at radius 3 is 2.24 bits per heavy atom. The van der Waals surface area contributed by atoms with Crippen LogP contribution in [-0.4, -0.2) is 5.11 Å². The molecule has 0 fully saturated rings. The van der Waals surface area contributed by atoms with Crippen molar-refractivity contribution in [2.45, 2.75) is 0 Å². The van der Waals surface area contributed by atoms with E-state index < -0.39 is 11.6 Å². The first kappa shape index (κ1) is 11.9. The quantitative estimate of drug-likeness (QED) is 0.899. The van der Waals surface area contributed by atoms with Gasteiger partial charge in [-0.25, -0.2) is 8.78 Å². The van der Waals surface area contributed by atoms with E-state index >= 15 is 0 Å². The van der Waals surface area contributed by atoms with Crippen LogP contribution in [0.5, 0.6) is 17.2 Å². The highest BCUT2D eigenvalue weighted by molar-refractivity contribution is 9.10. The van der Waals surface area contributed by atoms with Crippen LogP contribution in [0, 0.1) is 11.6 Å². The van der Waals surface area contributed by atoms with Crippen LogP contribution in [0.15, 0.2) is 40.9 Å². The van der Waals surface area contributed by atoms with Gasteiger partial charge in [-0.3, -0.25) is 0 Å². The molecule has 0 bridgehead atoms. The fourth-order valence-electron chi connectivity index (χ4n) is 1.29. The van der Waals surface area contributed by atoms with Gasteiger partial charge in [0.05, 0.1) is 0 Å². The third-order valence-corrected chi connectivity index (χ3v) is 2.48. The molecule has 0 saturated carbocycles. The van der Waals surface area contributed by atoms with Crippen LogP contribution in [0.4, 0.5) is 8.78 Å². The Kier molecular flexibility index (Phi) is 3.28. The average Bonchev–Trinajstić information content (AvgIpc) is 2.21. The third-order valence-electron chi connectivity index (χ3n) is 1.98. The first-order chi connectivity index (χ1) is 8.04. The van der Waals surface area contributed by atoms with Crippen LogP contribution in [-0.2, 0) is 0 Å². The van der Waals surface area contributed by atoms with Crippen molar-refractivity contribution in [1.29, 1.82) is 0 Å². The van der Waals surface area contributed by atoms with Crippen molar-refractivity contribution in [2.24, 2.45) is 0 Å². The minimum Gasteiger partial charge on any atom is -0.504 e. The Bertz CT molecular complexity index is 538. The van der Waals surface area contributed by atoms with Crippen LogP contribution in [0.1, 0.15) is 0 Å². The Labute approximate surface area is 105 Å². The van der Waals surface area contributed by atoms with Gasteiger partial charge >= 0.3 is 0 Å². The SMILES string of the molecule is Oc1cc(Br)ccc1Oc1cc(F)cc(F)c1. The molecule has 0 atom stereocenters. The first-order valence-electron chi connectivity index (χ1n) is 4.67. The van der Waals surface area contributed by atoms with Crippen LogP contribution < -0.4 is 4.74 Å². The average molecular weight is 301 g/mol. The van der Waals surface area contributed by atoms with Gasteiger partial charge in [0, 0.05) is 22.7 Å². The molecule has 0 aliphatic rings. The summed E-state index contributed by atoms with van der Waals surface area (Å²) in [6.45, 7) is 0. The van der Waals surface area contributed by atoms with Crippen molar-refractivity contribution >= 4 is 15.9 Å². The Hall–Kier alpha value is -1.62. The van der Waals surface area contributed by atoms with Crippen molar-refractivity contribution in [2.75, 3.05) is 0 Å². The lowest BCUT2D eigenvalue weighted by atomic mass is 10.3. The molecule has 0 aliphatic carbocycles. The number of hydrogen-bond acceptors (Lipinski definition) is 2. The van der Waals surface area contributed by atoms with Crippen molar-refractivity contribution in [3.63, 3.8) is 0 Å². The predicted octanol–water partition coefficient (Wildman–Crippen LogP) is 4.23. The third kappa shape index (κ3) is 2.94. The summed E-state index contributed by atoms with van der Waals surface area (Å²) in [4.78, 5) is 0. The molecule has 0 unspecified atom stereocenters. The second-order valence-corrected chi connectivity index (χ2v) is 4.23. The van der Waals surface area contributed by atoms with E-state index in [-0.39, 0.29) is 17.2 Å². The molecule has 2 rings (SSSR count). The van der Waals surface area contributed by atoms with Crippen molar-refractivity contribution < 1.29 is 18.6 Å². The lowest BCUT2D eigenvalue weighted by Crippen LogP contribution is -1.88. The minimum atomic E-state index is -0.739. The van der Waals surface area contributed by atoms with Crippen LogP contribution in [0.3, 0.4) is 0 Å². The molecule has 2 nitrogen and oxygen atoms in total. The summed E-state index contributed by atoms with van der Waals surface area (Å²) in [6, 6.07) is 7.36. The maximum absolute atomic E-state index is 12.9. The van der Waals surface area contributed by atoms with Crippen LogP contribution in [0.2, 0.25) is 0 Å². The van der Waals surface area contributed by atoms with Crippen molar-refractivity contribution in [3.8, 4) is 17.2 Å². The monoisotopic (exact) mass is 300 g/mol. The zero-order chi connectivity index (χ0) is 12.4. The molecule has 0 aliphatic heterocycles. The Morgan fingerprint density at radius 1 is 1.00 bits per heavy atom. The zero-order valence-corrected chi connectivity index (χ0v) is 10.0. The summed E-state index contributed by atoms with van der Waals surface area (Å²) in [5.41, 5.74) is 0. The Morgan fingerprint density at radius 2 is 1.65 bits per heavy atom. The van der Waals surface area contributed by atoms with E-state index in [1.807, 2.05) is 0 Å². The van der Waals surface area contributed by atoms with Gasteiger partial charge in [-0.15, -0.1) is 0 Å². The maximum Gasteiger partial charge on any atom is 0.169 e. The smallest absolute Gasteiger partial charge is 0.169 e. The number of benzene rings is 2. The molecule has 0 amide bonds. The molecule has 2 aromatic carbocycles. The molecule has 88 valence electrons. The number of aromatic hydroxyl groups is 1. The fraction of sp³-hybridized carbons (Fsp3) is 0. The number of phenolic OH excluding ortho intramolecular Hbond substituents is 1. The normalized spacial score (nSPS) is 10.3. The number of hydrogen-bond donors (Lipinski definition) is 1. The molecule has 2 aromatic rings.